The van der Waals surface area contributed by atoms with Crippen molar-refractivity contribution in [1.82, 2.24) is 9.80 Å². The summed E-state index contributed by atoms with van der Waals surface area (Å²) in [4.78, 5) is 17.1. The molecule has 0 aliphatic carbocycles. The minimum absolute atomic E-state index is 0.106. The number of halogens is 1. The standard InChI is InChI=1S/C15H20BrN3O/c16-13-5-4-11(9-14(13)17)15(20)19-8-7-18-6-2-1-3-12(18)10-19/h4-5,9,12H,1-3,6-8,10,17H2. The van der Waals surface area contributed by atoms with Crippen LogP contribution in [0.3, 0.4) is 0 Å². The van der Waals surface area contributed by atoms with Crippen LogP contribution in [0.1, 0.15) is 29.6 Å². The SMILES string of the molecule is Nc1cc(C(=O)N2CCN3CCCCC3C2)ccc1Br. The number of amides is 1. The Morgan fingerprint density at radius 1 is 1.25 bits per heavy atom. The fourth-order valence-electron chi connectivity index (χ4n) is 3.20. The zero-order chi connectivity index (χ0) is 14.1. The Balaban J connectivity index is 1.72. The van der Waals surface area contributed by atoms with E-state index in [-0.39, 0.29) is 5.91 Å². The van der Waals surface area contributed by atoms with E-state index in [0.29, 0.717) is 17.3 Å². The lowest BCUT2D eigenvalue weighted by molar-refractivity contribution is 0.0372. The molecule has 2 aliphatic rings. The highest BCUT2D eigenvalue weighted by atomic mass is 79.9. The van der Waals surface area contributed by atoms with Crippen LogP contribution in [0, 0.1) is 0 Å². The van der Waals surface area contributed by atoms with Gasteiger partial charge in [0.05, 0.1) is 0 Å². The van der Waals surface area contributed by atoms with E-state index in [1.165, 1.54) is 25.8 Å². The second kappa shape index (κ2) is 5.74. The lowest BCUT2D eigenvalue weighted by Gasteiger charge is -2.44. The minimum Gasteiger partial charge on any atom is -0.398 e. The number of rotatable bonds is 1. The number of hydrogen-bond acceptors (Lipinski definition) is 3. The number of nitrogen functional groups attached to an aromatic ring is 1. The first kappa shape index (κ1) is 13.9. The molecule has 0 bridgehead atoms. The Bertz CT molecular complexity index is 520. The quantitative estimate of drug-likeness (QED) is 0.800. The van der Waals surface area contributed by atoms with Crippen molar-refractivity contribution in [2.75, 3.05) is 31.9 Å². The highest BCUT2D eigenvalue weighted by molar-refractivity contribution is 9.10. The highest BCUT2D eigenvalue weighted by Gasteiger charge is 2.31. The molecule has 1 amide bonds. The molecule has 2 N–H and O–H groups in total. The minimum atomic E-state index is 0.106. The summed E-state index contributed by atoms with van der Waals surface area (Å²) in [5.41, 5.74) is 7.18. The van der Waals surface area contributed by atoms with Crippen molar-refractivity contribution in [2.24, 2.45) is 0 Å². The third-order valence-electron chi connectivity index (χ3n) is 4.37. The maximum Gasteiger partial charge on any atom is 0.254 e. The fraction of sp³-hybridized carbons (Fsp3) is 0.533. The van der Waals surface area contributed by atoms with Gasteiger partial charge in [0.1, 0.15) is 0 Å². The van der Waals surface area contributed by atoms with Crippen LogP contribution in [0.25, 0.3) is 0 Å². The third-order valence-corrected chi connectivity index (χ3v) is 5.09. The number of carbonyl (C=O) groups is 1. The van der Waals surface area contributed by atoms with Gasteiger partial charge in [0, 0.05) is 41.4 Å². The molecule has 2 heterocycles. The molecule has 3 rings (SSSR count). The third kappa shape index (κ3) is 2.69. The van der Waals surface area contributed by atoms with Gasteiger partial charge in [-0.3, -0.25) is 9.69 Å². The molecule has 2 saturated heterocycles. The van der Waals surface area contributed by atoms with Gasteiger partial charge >= 0.3 is 0 Å². The average molecular weight is 338 g/mol. The number of anilines is 1. The van der Waals surface area contributed by atoms with E-state index in [4.69, 9.17) is 5.73 Å². The highest BCUT2D eigenvalue weighted by Crippen LogP contribution is 2.24. The number of benzene rings is 1. The van der Waals surface area contributed by atoms with Crippen LogP contribution in [-0.4, -0.2) is 47.9 Å². The van der Waals surface area contributed by atoms with Crippen LogP contribution in [-0.2, 0) is 0 Å². The molecular formula is C15H20BrN3O. The summed E-state index contributed by atoms with van der Waals surface area (Å²) in [5, 5.41) is 0. The lowest BCUT2D eigenvalue weighted by atomic mass is 9.99. The van der Waals surface area contributed by atoms with Crippen LogP contribution in [0.2, 0.25) is 0 Å². The van der Waals surface area contributed by atoms with Gasteiger partial charge in [-0.25, -0.2) is 0 Å². The predicted molar refractivity (Wildman–Crippen MR) is 83.7 cm³/mol. The summed E-state index contributed by atoms with van der Waals surface area (Å²) < 4.78 is 0.839. The number of piperazine rings is 1. The van der Waals surface area contributed by atoms with Crippen LogP contribution in [0.15, 0.2) is 22.7 Å². The number of fused-ring (bicyclic) bond motifs is 1. The van der Waals surface area contributed by atoms with E-state index in [9.17, 15) is 4.79 Å². The first-order valence-corrected chi connectivity index (χ1v) is 8.03. The molecule has 20 heavy (non-hydrogen) atoms. The number of piperidine rings is 1. The Hall–Kier alpha value is -1.07. The molecule has 2 aliphatic heterocycles. The Morgan fingerprint density at radius 2 is 2.10 bits per heavy atom. The first-order valence-electron chi connectivity index (χ1n) is 7.23. The lowest BCUT2D eigenvalue weighted by Crippen LogP contribution is -2.56. The summed E-state index contributed by atoms with van der Waals surface area (Å²) in [6.07, 6.45) is 3.80. The number of nitrogens with two attached hydrogens (primary N) is 1. The van der Waals surface area contributed by atoms with Gasteiger partial charge in [0.2, 0.25) is 0 Å². The van der Waals surface area contributed by atoms with Crippen LogP contribution in [0.4, 0.5) is 5.69 Å². The van der Waals surface area contributed by atoms with Crippen molar-refractivity contribution in [2.45, 2.75) is 25.3 Å². The van der Waals surface area contributed by atoms with Gasteiger partial charge < -0.3 is 10.6 Å². The van der Waals surface area contributed by atoms with E-state index in [1.54, 1.807) is 6.07 Å². The molecule has 1 unspecified atom stereocenters. The molecule has 1 aromatic rings. The van der Waals surface area contributed by atoms with Crippen molar-refractivity contribution >= 4 is 27.5 Å². The van der Waals surface area contributed by atoms with Gasteiger partial charge in [-0.2, -0.15) is 0 Å². The molecule has 5 heteroatoms. The Kier molecular flexibility index (Phi) is 3.98. The molecule has 108 valence electrons. The molecule has 1 atom stereocenters. The Labute approximate surface area is 128 Å². The van der Waals surface area contributed by atoms with Crippen molar-refractivity contribution in [3.05, 3.63) is 28.2 Å². The normalized spacial score (nSPS) is 23.4. The van der Waals surface area contributed by atoms with E-state index < -0.39 is 0 Å². The molecule has 0 saturated carbocycles. The van der Waals surface area contributed by atoms with E-state index in [2.05, 4.69) is 20.8 Å². The van der Waals surface area contributed by atoms with Crippen LogP contribution >= 0.6 is 15.9 Å². The zero-order valence-electron chi connectivity index (χ0n) is 11.5. The molecule has 0 spiro atoms. The monoisotopic (exact) mass is 337 g/mol. The molecule has 0 radical (unpaired) electrons. The average Bonchev–Trinajstić information content (AvgIpc) is 2.49. The van der Waals surface area contributed by atoms with E-state index in [1.807, 2.05) is 17.0 Å². The molecular weight excluding hydrogens is 318 g/mol. The second-order valence-electron chi connectivity index (χ2n) is 5.67. The molecule has 4 nitrogen and oxygen atoms in total. The van der Waals surface area contributed by atoms with Crippen molar-refractivity contribution in [3.8, 4) is 0 Å². The summed E-state index contributed by atoms with van der Waals surface area (Å²) in [6.45, 7) is 3.88. The van der Waals surface area contributed by atoms with Gasteiger partial charge in [-0.15, -0.1) is 0 Å². The largest absolute Gasteiger partial charge is 0.398 e. The van der Waals surface area contributed by atoms with Gasteiger partial charge in [-0.1, -0.05) is 6.42 Å². The number of hydrogen-bond donors (Lipinski definition) is 1. The summed E-state index contributed by atoms with van der Waals surface area (Å²) in [7, 11) is 0. The van der Waals surface area contributed by atoms with Crippen molar-refractivity contribution in [1.29, 1.82) is 0 Å². The first-order chi connectivity index (χ1) is 9.65. The predicted octanol–water partition coefficient (Wildman–Crippen LogP) is 2.34. The van der Waals surface area contributed by atoms with Crippen LogP contribution in [0.5, 0.6) is 0 Å². The van der Waals surface area contributed by atoms with Crippen molar-refractivity contribution in [3.63, 3.8) is 0 Å². The summed E-state index contributed by atoms with van der Waals surface area (Å²) in [5.74, 6) is 0.106. The Morgan fingerprint density at radius 3 is 2.90 bits per heavy atom. The van der Waals surface area contributed by atoms with E-state index in [0.717, 1.165) is 24.1 Å². The maximum absolute atomic E-state index is 12.6. The number of carbonyl (C=O) groups excluding carboxylic acids is 1. The van der Waals surface area contributed by atoms with Crippen LogP contribution < -0.4 is 5.73 Å². The molecule has 2 fully saturated rings. The summed E-state index contributed by atoms with van der Waals surface area (Å²) in [6, 6.07) is 6.00. The van der Waals surface area contributed by atoms with Gasteiger partial charge in [0.15, 0.2) is 0 Å². The topological polar surface area (TPSA) is 49.6 Å². The van der Waals surface area contributed by atoms with E-state index >= 15 is 0 Å². The number of nitrogens with zero attached hydrogens (tertiary/aromatic N) is 2. The second-order valence-corrected chi connectivity index (χ2v) is 6.53. The smallest absolute Gasteiger partial charge is 0.254 e. The van der Waals surface area contributed by atoms with Gasteiger partial charge in [0.25, 0.3) is 5.91 Å². The maximum atomic E-state index is 12.6. The van der Waals surface area contributed by atoms with Gasteiger partial charge in [-0.05, 0) is 53.5 Å². The van der Waals surface area contributed by atoms with Crippen molar-refractivity contribution < 1.29 is 4.79 Å². The summed E-state index contributed by atoms with van der Waals surface area (Å²) >= 11 is 3.36. The molecule has 1 aromatic carbocycles. The molecule has 0 aromatic heterocycles. The fourth-order valence-corrected chi connectivity index (χ4v) is 3.45. The zero-order valence-corrected chi connectivity index (χ0v) is 13.1.